The molecule has 0 unspecified atom stereocenters. The molecule has 0 saturated carbocycles. The van der Waals surface area contributed by atoms with Crippen molar-refractivity contribution >= 4 is 0 Å². The van der Waals surface area contributed by atoms with Crippen molar-refractivity contribution in [2.24, 2.45) is 17.3 Å². The van der Waals surface area contributed by atoms with E-state index in [2.05, 4.69) is 44.8 Å². The predicted octanol–water partition coefficient (Wildman–Crippen LogP) is 3.91. The summed E-state index contributed by atoms with van der Waals surface area (Å²) in [4.78, 5) is 2.67. The fourth-order valence-corrected chi connectivity index (χ4v) is 4.32. The van der Waals surface area contributed by atoms with Crippen LogP contribution in [0.2, 0.25) is 0 Å². The van der Waals surface area contributed by atoms with Gasteiger partial charge in [0.1, 0.15) is 0 Å². The highest BCUT2D eigenvalue weighted by atomic mass is 15.2. The lowest BCUT2D eigenvalue weighted by atomic mass is 9.68. The van der Waals surface area contributed by atoms with Crippen LogP contribution in [0.4, 0.5) is 0 Å². The van der Waals surface area contributed by atoms with Crippen molar-refractivity contribution in [3.05, 3.63) is 0 Å². The number of nitrogens with zero attached hydrogens (tertiary/aromatic N) is 1. The number of likely N-dealkylation sites (tertiary alicyclic amines) is 1. The van der Waals surface area contributed by atoms with Crippen LogP contribution in [-0.2, 0) is 0 Å². The Labute approximate surface area is 126 Å². The van der Waals surface area contributed by atoms with Gasteiger partial charge in [-0.25, -0.2) is 0 Å². The highest BCUT2D eigenvalue weighted by molar-refractivity contribution is 4.88. The van der Waals surface area contributed by atoms with Gasteiger partial charge < -0.3 is 5.32 Å². The van der Waals surface area contributed by atoms with E-state index in [0.29, 0.717) is 11.0 Å². The molecular formula is C18H36N2. The van der Waals surface area contributed by atoms with Gasteiger partial charge in [0, 0.05) is 5.54 Å². The zero-order chi connectivity index (χ0) is 14.8. The molecular weight excluding hydrogens is 244 g/mol. The minimum absolute atomic E-state index is 0.357. The van der Waals surface area contributed by atoms with Crippen molar-refractivity contribution < 1.29 is 0 Å². The van der Waals surface area contributed by atoms with E-state index in [0.717, 1.165) is 11.8 Å². The first-order valence-electron chi connectivity index (χ1n) is 8.75. The van der Waals surface area contributed by atoms with Crippen LogP contribution in [0.3, 0.4) is 0 Å². The summed E-state index contributed by atoms with van der Waals surface area (Å²) in [5, 5.41) is 3.51. The fourth-order valence-electron chi connectivity index (χ4n) is 4.32. The van der Waals surface area contributed by atoms with E-state index in [4.69, 9.17) is 0 Å². The van der Waals surface area contributed by atoms with Crippen LogP contribution in [0.25, 0.3) is 0 Å². The Bertz CT molecular complexity index is 289. The minimum atomic E-state index is 0.357. The molecule has 2 heterocycles. The zero-order valence-corrected chi connectivity index (χ0v) is 14.5. The van der Waals surface area contributed by atoms with Gasteiger partial charge in [0.15, 0.2) is 0 Å². The van der Waals surface area contributed by atoms with E-state index in [1.165, 1.54) is 58.3 Å². The van der Waals surface area contributed by atoms with E-state index in [9.17, 15) is 0 Å². The molecule has 2 fully saturated rings. The second-order valence-corrected chi connectivity index (χ2v) is 8.82. The summed E-state index contributed by atoms with van der Waals surface area (Å²) in [6.07, 6.45) is 7.02. The van der Waals surface area contributed by atoms with Gasteiger partial charge in [-0.3, -0.25) is 4.90 Å². The van der Waals surface area contributed by atoms with Crippen molar-refractivity contribution in [3.8, 4) is 0 Å². The highest BCUT2D eigenvalue weighted by Gasteiger charge is 2.35. The van der Waals surface area contributed by atoms with Gasteiger partial charge in [0.25, 0.3) is 0 Å². The number of nitrogens with one attached hydrogen (secondary N) is 1. The van der Waals surface area contributed by atoms with Crippen molar-refractivity contribution in [3.63, 3.8) is 0 Å². The third-order valence-corrected chi connectivity index (χ3v) is 5.82. The second-order valence-electron chi connectivity index (χ2n) is 8.82. The Hall–Kier alpha value is -0.0800. The number of piperidine rings is 2. The smallest absolute Gasteiger partial charge is 0.0125 e. The molecule has 20 heavy (non-hydrogen) atoms. The summed E-state index contributed by atoms with van der Waals surface area (Å²) in [6, 6.07) is 0. The first kappa shape index (κ1) is 16.3. The summed E-state index contributed by atoms with van der Waals surface area (Å²) in [6.45, 7) is 17.2. The van der Waals surface area contributed by atoms with Crippen molar-refractivity contribution in [2.75, 3.05) is 26.2 Å². The molecule has 0 radical (unpaired) electrons. The lowest BCUT2D eigenvalue weighted by Crippen LogP contribution is -2.47. The van der Waals surface area contributed by atoms with Gasteiger partial charge in [-0.05, 0) is 96.3 Å². The minimum Gasteiger partial charge on any atom is -0.317 e. The Morgan fingerprint density at radius 3 is 1.95 bits per heavy atom. The lowest BCUT2D eigenvalue weighted by molar-refractivity contribution is 0.0569. The first-order chi connectivity index (χ1) is 9.29. The molecule has 118 valence electrons. The Morgan fingerprint density at radius 2 is 1.45 bits per heavy atom. The summed E-state index contributed by atoms with van der Waals surface area (Å²) in [7, 11) is 0. The van der Waals surface area contributed by atoms with Gasteiger partial charge in [-0.1, -0.05) is 13.8 Å². The fraction of sp³-hybridized carbons (Fsp3) is 1.00. The standard InChI is InChI=1S/C18H36N2/c1-17(2,3)20-12-8-15(9-13-20)14-18(4,5)16-6-10-19-11-7-16/h15-16,19H,6-14H2,1-5H3. The molecule has 0 atom stereocenters. The Kier molecular flexibility index (Phi) is 5.18. The lowest BCUT2D eigenvalue weighted by Gasteiger charge is -2.44. The number of hydrogen-bond donors (Lipinski definition) is 1. The van der Waals surface area contributed by atoms with E-state index in [1.807, 2.05) is 0 Å². The normalized spacial score (nSPS) is 25.1. The molecule has 1 N–H and O–H groups in total. The maximum absolute atomic E-state index is 3.51. The molecule has 0 aromatic heterocycles. The van der Waals surface area contributed by atoms with Gasteiger partial charge in [-0.15, -0.1) is 0 Å². The van der Waals surface area contributed by atoms with Crippen molar-refractivity contribution in [2.45, 2.75) is 72.3 Å². The van der Waals surface area contributed by atoms with E-state index < -0.39 is 0 Å². The molecule has 2 nitrogen and oxygen atoms in total. The average molecular weight is 281 g/mol. The van der Waals surface area contributed by atoms with Crippen molar-refractivity contribution in [1.29, 1.82) is 0 Å². The molecule has 2 rings (SSSR count). The van der Waals surface area contributed by atoms with Crippen LogP contribution >= 0.6 is 0 Å². The SMILES string of the molecule is CC(C)(CC1CCN(C(C)(C)C)CC1)C1CCNCC1. The molecule has 2 heteroatoms. The van der Waals surface area contributed by atoms with Crippen LogP contribution in [0.5, 0.6) is 0 Å². The molecule has 0 aliphatic carbocycles. The number of hydrogen-bond acceptors (Lipinski definition) is 2. The van der Waals surface area contributed by atoms with E-state index >= 15 is 0 Å². The summed E-state index contributed by atoms with van der Waals surface area (Å²) in [5.41, 5.74) is 0.895. The van der Waals surface area contributed by atoms with Crippen molar-refractivity contribution in [1.82, 2.24) is 10.2 Å². The Balaban J connectivity index is 1.82. The van der Waals surface area contributed by atoms with Gasteiger partial charge in [0.2, 0.25) is 0 Å². The van der Waals surface area contributed by atoms with Gasteiger partial charge in [0.05, 0.1) is 0 Å². The third-order valence-electron chi connectivity index (χ3n) is 5.82. The molecule has 2 aliphatic rings. The molecule has 0 aromatic carbocycles. The molecule has 0 amide bonds. The molecule has 2 saturated heterocycles. The molecule has 0 spiro atoms. The topological polar surface area (TPSA) is 15.3 Å². The van der Waals surface area contributed by atoms with Crippen LogP contribution in [-0.4, -0.2) is 36.6 Å². The quantitative estimate of drug-likeness (QED) is 0.843. The summed E-state index contributed by atoms with van der Waals surface area (Å²) < 4.78 is 0. The van der Waals surface area contributed by atoms with Crippen LogP contribution < -0.4 is 5.32 Å². The van der Waals surface area contributed by atoms with Gasteiger partial charge >= 0.3 is 0 Å². The highest BCUT2D eigenvalue weighted by Crippen LogP contribution is 2.41. The van der Waals surface area contributed by atoms with Crippen LogP contribution in [0.15, 0.2) is 0 Å². The maximum Gasteiger partial charge on any atom is 0.0125 e. The summed E-state index contributed by atoms with van der Waals surface area (Å²) >= 11 is 0. The molecule has 0 bridgehead atoms. The van der Waals surface area contributed by atoms with Gasteiger partial charge in [-0.2, -0.15) is 0 Å². The second kappa shape index (κ2) is 6.36. The first-order valence-corrected chi connectivity index (χ1v) is 8.75. The van der Waals surface area contributed by atoms with E-state index in [1.54, 1.807) is 0 Å². The Morgan fingerprint density at radius 1 is 0.900 bits per heavy atom. The predicted molar refractivity (Wildman–Crippen MR) is 88.0 cm³/mol. The van der Waals surface area contributed by atoms with Crippen LogP contribution in [0, 0.1) is 17.3 Å². The van der Waals surface area contributed by atoms with E-state index in [-0.39, 0.29) is 0 Å². The third kappa shape index (κ3) is 4.21. The average Bonchev–Trinajstić information content (AvgIpc) is 2.39. The number of rotatable bonds is 3. The largest absolute Gasteiger partial charge is 0.317 e. The maximum atomic E-state index is 3.51. The van der Waals surface area contributed by atoms with Crippen LogP contribution in [0.1, 0.15) is 66.7 Å². The summed E-state index contributed by atoms with van der Waals surface area (Å²) in [5.74, 6) is 1.89. The zero-order valence-electron chi connectivity index (χ0n) is 14.5. The molecule has 2 aliphatic heterocycles. The molecule has 0 aromatic rings. The monoisotopic (exact) mass is 280 g/mol.